The number of carbonyl (C=O) groups excluding carboxylic acids is 1. The first-order chi connectivity index (χ1) is 10.8. The molecule has 7 nitrogen and oxygen atoms in total. The van der Waals surface area contributed by atoms with Crippen LogP contribution in [-0.2, 0) is 19.0 Å². The van der Waals surface area contributed by atoms with Gasteiger partial charge in [-0.2, -0.15) is 8.42 Å². The van der Waals surface area contributed by atoms with Crippen LogP contribution in [0.1, 0.15) is 23.7 Å². The zero-order chi connectivity index (χ0) is 17.5. The fraction of sp³-hybridized carbons (Fsp3) is 0.533. The smallest absolute Gasteiger partial charge is 0.337 e. The molecule has 0 N–H and O–H groups in total. The molecule has 0 bridgehead atoms. The number of hydrogen-bond acceptors (Lipinski definition) is 7. The minimum absolute atomic E-state index is 0.000454. The molecule has 0 aromatic heterocycles. The van der Waals surface area contributed by atoms with Crippen molar-refractivity contribution in [2.24, 2.45) is 5.92 Å². The average molecular weight is 346 g/mol. The first-order valence-corrected chi connectivity index (χ1v) is 8.82. The maximum absolute atomic E-state index is 11.5. The van der Waals surface area contributed by atoms with Gasteiger partial charge in [0.2, 0.25) is 0 Å². The highest BCUT2D eigenvalue weighted by atomic mass is 32.2. The van der Waals surface area contributed by atoms with Crippen molar-refractivity contribution >= 4 is 16.1 Å². The lowest BCUT2D eigenvalue weighted by atomic mass is 10.1. The highest BCUT2D eigenvalue weighted by molar-refractivity contribution is 7.85. The number of rotatable bonds is 9. The monoisotopic (exact) mass is 346 g/mol. The number of methoxy groups -OCH3 is 2. The van der Waals surface area contributed by atoms with Crippen molar-refractivity contribution in [2.75, 3.05) is 33.7 Å². The van der Waals surface area contributed by atoms with Crippen LogP contribution in [0.3, 0.4) is 0 Å². The molecule has 0 spiro atoms. The van der Waals surface area contributed by atoms with Crippen molar-refractivity contribution < 1.29 is 31.6 Å². The third-order valence-electron chi connectivity index (χ3n) is 3.02. The molecule has 0 heterocycles. The van der Waals surface area contributed by atoms with Crippen molar-refractivity contribution in [2.45, 2.75) is 13.3 Å². The van der Waals surface area contributed by atoms with Crippen LogP contribution >= 0.6 is 0 Å². The van der Waals surface area contributed by atoms with Crippen LogP contribution in [0.25, 0.3) is 0 Å². The van der Waals surface area contributed by atoms with Gasteiger partial charge < -0.3 is 14.2 Å². The lowest BCUT2D eigenvalue weighted by Crippen LogP contribution is -2.14. The van der Waals surface area contributed by atoms with E-state index in [1.165, 1.54) is 14.2 Å². The van der Waals surface area contributed by atoms with Crippen molar-refractivity contribution in [1.29, 1.82) is 0 Å². The lowest BCUT2D eigenvalue weighted by molar-refractivity contribution is 0.0600. The van der Waals surface area contributed by atoms with Crippen LogP contribution in [0.5, 0.6) is 11.5 Å². The molecule has 0 aliphatic rings. The molecule has 0 saturated carbocycles. The summed E-state index contributed by atoms with van der Waals surface area (Å²) in [6, 6.07) is 4.75. The van der Waals surface area contributed by atoms with Gasteiger partial charge in [-0.25, -0.2) is 4.79 Å². The Kier molecular flexibility index (Phi) is 7.31. The first kappa shape index (κ1) is 19.2. The normalized spacial score (nSPS) is 12.5. The minimum atomic E-state index is -3.44. The number of ether oxygens (including phenoxy) is 3. The maximum atomic E-state index is 11.5. The van der Waals surface area contributed by atoms with E-state index in [0.29, 0.717) is 30.1 Å². The van der Waals surface area contributed by atoms with Crippen LogP contribution < -0.4 is 9.47 Å². The number of benzene rings is 1. The van der Waals surface area contributed by atoms with Crippen molar-refractivity contribution in [3.05, 3.63) is 23.8 Å². The Hall–Kier alpha value is -1.80. The van der Waals surface area contributed by atoms with Crippen molar-refractivity contribution in [3.8, 4) is 11.5 Å². The summed E-state index contributed by atoms with van der Waals surface area (Å²) in [5, 5.41) is 0. The molecule has 1 rings (SSSR count). The van der Waals surface area contributed by atoms with Gasteiger partial charge in [-0.1, -0.05) is 6.92 Å². The van der Waals surface area contributed by atoms with E-state index in [1.807, 2.05) is 6.92 Å². The molecule has 8 heteroatoms. The van der Waals surface area contributed by atoms with Crippen LogP contribution in [0.2, 0.25) is 0 Å². The van der Waals surface area contributed by atoms with Gasteiger partial charge in [0.05, 0.1) is 39.3 Å². The van der Waals surface area contributed by atoms with Gasteiger partial charge in [0.1, 0.15) is 0 Å². The molecule has 0 aliphatic carbocycles. The van der Waals surface area contributed by atoms with Gasteiger partial charge in [0.15, 0.2) is 11.5 Å². The minimum Gasteiger partial charge on any atom is -0.493 e. The molecule has 130 valence electrons. The van der Waals surface area contributed by atoms with Gasteiger partial charge in [-0.05, 0) is 30.5 Å². The van der Waals surface area contributed by atoms with Gasteiger partial charge in [0, 0.05) is 0 Å². The summed E-state index contributed by atoms with van der Waals surface area (Å²) in [6.07, 6.45) is 1.60. The maximum Gasteiger partial charge on any atom is 0.337 e. The van der Waals surface area contributed by atoms with E-state index in [9.17, 15) is 13.2 Å². The summed E-state index contributed by atoms with van der Waals surface area (Å²) in [4.78, 5) is 11.5. The third kappa shape index (κ3) is 6.87. The lowest BCUT2D eigenvalue weighted by Gasteiger charge is -2.14. The van der Waals surface area contributed by atoms with Crippen LogP contribution in [0.4, 0.5) is 0 Å². The molecule has 0 radical (unpaired) electrons. The highest BCUT2D eigenvalue weighted by Crippen LogP contribution is 2.28. The Balaban J connectivity index is 2.60. The predicted molar refractivity (Wildman–Crippen MR) is 84.4 cm³/mol. The predicted octanol–water partition coefficient (Wildman–Crippen LogP) is 1.86. The molecule has 1 unspecified atom stereocenters. The van der Waals surface area contributed by atoms with Gasteiger partial charge >= 0.3 is 5.97 Å². The van der Waals surface area contributed by atoms with Crippen molar-refractivity contribution in [1.82, 2.24) is 0 Å². The van der Waals surface area contributed by atoms with E-state index in [2.05, 4.69) is 4.74 Å². The van der Waals surface area contributed by atoms with Gasteiger partial charge in [0.25, 0.3) is 10.1 Å². The molecular weight excluding hydrogens is 324 g/mol. The van der Waals surface area contributed by atoms with Gasteiger partial charge in [-0.15, -0.1) is 0 Å². The molecule has 0 fully saturated rings. The number of esters is 1. The summed E-state index contributed by atoms with van der Waals surface area (Å²) in [5.74, 6) is 0.455. The Morgan fingerprint density at radius 2 is 1.91 bits per heavy atom. The standard InChI is InChI=1S/C15H22O7S/c1-11(10-22-23(4,17)18)7-8-21-14-9-12(15(16)20-3)5-6-13(14)19-2/h5-6,9,11H,7-8,10H2,1-4H3. The second kappa shape index (κ2) is 8.73. The average Bonchev–Trinajstić information content (AvgIpc) is 2.51. The Bertz CT molecular complexity index is 625. The second-order valence-electron chi connectivity index (χ2n) is 5.09. The molecule has 0 aliphatic heterocycles. The Labute approximate surface area is 136 Å². The Morgan fingerprint density at radius 1 is 1.22 bits per heavy atom. The molecule has 1 aromatic carbocycles. The second-order valence-corrected chi connectivity index (χ2v) is 6.73. The summed E-state index contributed by atoms with van der Waals surface area (Å²) < 4.78 is 42.1. The molecule has 0 amide bonds. The van der Waals surface area contributed by atoms with E-state index in [0.717, 1.165) is 6.26 Å². The SMILES string of the molecule is COC(=O)c1ccc(OC)c(OCCC(C)COS(C)(=O)=O)c1. The topological polar surface area (TPSA) is 88.1 Å². The zero-order valence-electron chi connectivity index (χ0n) is 13.7. The fourth-order valence-electron chi connectivity index (χ4n) is 1.73. The first-order valence-electron chi connectivity index (χ1n) is 7.00. The third-order valence-corrected chi connectivity index (χ3v) is 3.58. The van der Waals surface area contributed by atoms with Crippen LogP contribution in [0, 0.1) is 5.92 Å². The van der Waals surface area contributed by atoms with Crippen LogP contribution in [0.15, 0.2) is 18.2 Å². The number of hydrogen-bond donors (Lipinski definition) is 0. The molecular formula is C15H22O7S. The molecule has 1 aromatic rings. The quantitative estimate of drug-likeness (QED) is 0.498. The Morgan fingerprint density at radius 3 is 2.48 bits per heavy atom. The van der Waals surface area contributed by atoms with E-state index in [-0.39, 0.29) is 12.5 Å². The summed E-state index contributed by atoms with van der Waals surface area (Å²) in [7, 11) is -0.633. The number of carbonyl (C=O) groups is 1. The molecule has 0 saturated heterocycles. The van der Waals surface area contributed by atoms with Gasteiger partial charge in [-0.3, -0.25) is 4.18 Å². The zero-order valence-corrected chi connectivity index (χ0v) is 14.5. The summed E-state index contributed by atoms with van der Waals surface area (Å²) in [5.41, 5.74) is 0.358. The van der Waals surface area contributed by atoms with Crippen LogP contribution in [-0.4, -0.2) is 48.1 Å². The summed E-state index contributed by atoms with van der Waals surface area (Å²) >= 11 is 0. The van der Waals surface area contributed by atoms with E-state index >= 15 is 0 Å². The van der Waals surface area contributed by atoms with Crippen molar-refractivity contribution in [3.63, 3.8) is 0 Å². The summed E-state index contributed by atoms with van der Waals surface area (Å²) in [6.45, 7) is 2.29. The largest absolute Gasteiger partial charge is 0.493 e. The fourth-order valence-corrected chi connectivity index (χ4v) is 2.21. The van der Waals surface area contributed by atoms with E-state index in [4.69, 9.17) is 13.7 Å². The molecule has 1 atom stereocenters. The van der Waals surface area contributed by atoms with E-state index in [1.54, 1.807) is 18.2 Å². The highest BCUT2D eigenvalue weighted by Gasteiger charge is 2.13. The molecule has 23 heavy (non-hydrogen) atoms. The van der Waals surface area contributed by atoms with E-state index < -0.39 is 16.1 Å².